The third-order valence-electron chi connectivity index (χ3n) is 2.55. The van der Waals surface area contributed by atoms with Gasteiger partial charge in [-0.2, -0.15) is 0 Å². The summed E-state index contributed by atoms with van der Waals surface area (Å²) in [5.41, 5.74) is 0.936. The highest BCUT2D eigenvalue weighted by Gasteiger charge is 2.12. The van der Waals surface area contributed by atoms with Crippen molar-refractivity contribution in [2.45, 2.75) is 5.16 Å². The van der Waals surface area contributed by atoms with Gasteiger partial charge in [-0.15, -0.1) is 10.2 Å². The summed E-state index contributed by atoms with van der Waals surface area (Å²) in [6.07, 6.45) is 0. The Morgan fingerprint density at radius 2 is 2.05 bits per heavy atom. The molecule has 0 aliphatic rings. The fourth-order valence-corrected chi connectivity index (χ4v) is 2.40. The lowest BCUT2D eigenvalue weighted by molar-refractivity contribution is -0.118. The smallest absolute Gasteiger partial charge is 0.230 e. The average molecular weight is 297 g/mol. The second-order valence-electron chi connectivity index (χ2n) is 3.83. The van der Waals surface area contributed by atoms with Gasteiger partial charge in [0.15, 0.2) is 11.0 Å². The van der Waals surface area contributed by atoms with Gasteiger partial charge in [0.1, 0.15) is 0 Å². The van der Waals surface area contributed by atoms with E-state index < -0.39 is 0 Å². The summed E-state index contributed by atoms with van der Waals surface area (Å²) in [4.78, 5) is 11.2. The second-order valence-corrected chi connectivity index (χ2v) is 5.21. The molecule has 0 saturated carbocycles. The van der Waals surface area contributed by atoms with Crippen molar-refractivity contribution in [3.63, 3.8) is 0 Å². The number of benzene rings is 1. The SMILES string of the molecule is CNC(=O)CSc1nnc(-c2ccc(Cl)cc2)n1C. The number of hydrogen-bond acceptors (Lipinski definition) is 4. The average Bonchev–Trinajstić information content (AvgIpc) is 2.78. The van der Waals surface area contributed by atoms with Crippen LogP contribution in [0.4, 0.5) is 0 Å². The van der Waals surface area contributed by atoms with Crippen molar-refractivity contribution in [3.8, 4) is 11.4 Å². The second kappa shape index (κ2) is 6.08. The van der Waals surface area contributed by atoms with Crippen LogP contribution in [0.1, 0.15) is 0 Å². The van der Waals surface area contributed by atoms with Crippen LogP contribution in [0, 0.1) is 0 Å². The summed E-state index contributed by atoms with van der Waals surface area (Å²) in [6, 6.07) is 7.39. The van der Waals surface area contributed by atoms with Crippen LogP contribution in [0.3, 0.4) is 0 Å². The number of amides is 1. The fraction of sp³-hybridized carbons (Fsp3) is 0.250. The Hall–Kier alpha value is -1.53. The van der Waals surface area contributed by atoms with Gasteiger partial charge in [-0.3, -0.25) is 4.79 Å². The highest BCUT2D eigenvalue weighted by Crippen LogP contribution is 2.23. The van der Waals surface area contributed by atoms with E-state index >= 15 is 0 Å². The van der Waals surface area contributed by atoms with Crippen LogP contribution in [0.5, 0.6) is 0 Å². The van der Waals surface area contributed by atoms with Crippen LogP contribution in [0.15, 0.2) is 29.4 Å². The van der Waals surface area contributed by atoms with Crippen molar-refractivity contribution < 1.29 is 4.79 Å². The lowest BCUT2D eigenvalue weighted by Crippen LogP contribution is -2.20. The third kappa shape index (κ3) is 3.27. The number of nitrogens with one attached hydrogen (secondary N) is 1. The van der Waals surface area contributed by atoms with Crippen LogP contribution >= 0.6 is 23.4 Å². The maximum absolute atomic E-state index is 11.2. The largest absolute Gasteiger partial charge is 0.358 e. The first-order valence-electron chi connectivity index (χ1n) is 5.60. The standard InChI is InChI=1S/C12H13ClN4OS/c1-14-10(18)7-19-12-16-15-11(17(12)2)8-3-5-9(13)6-4-8/h3-6H,7H2,1-2H3,(H,14,18). The summed E-state index contributed by atoms with van der Waals surface area (Å²) in [7, 11) is 3.48. The minimum Gasteiger partial charge on any atom is -0.358 e. The van der Waals surface area contributed by atoms with E-state index in [9.17, 15) is 4.79 Å². The molecule has 1 heterocycles. The third-order valence-corrected chi connectivity index (χ3v) is 3.82. The summed E-state index contributed by atoms with van der Waals surface area (Å²) in [5, 5.41) is 12.2. The quantitative estimate of drug-likeness (QED) is 0.877. The predicted octanol–water partition coefficient (Wildman–Crippen LogP) is 1.97. The number of halogens is 1. The van der Waals surface area contributed by atoms with E-state index in [1.807, 2.05) is 35.9 Å². The van der Waals surface area contributed by atoms with E-state index in [-0.39, 0.29) is 5.91 Å². The van der Waals surface area contributed by atoms with Crippen molar-refractivity contribution in [1.82, 2.24) is 20.1 Å². The molecule has 0 unspecified atom stereocenters. The van der Waals surface area contributed by atoms with E-state index in [4.69, 9.17) is 11.6 Å². The fourth-order valence-electron chi connectivity index (χ4n) is 1.49. The molecular formula is C12H13ClN4OS. The van der Waals surface area contributed by atoms with Crippen molar-refractivity contribution in [2.75, 3.05) is 12.8 Å². The molecule has 7 heteroatoms. The van der Waals surface area contributed by atoms with Crippen molar-refractivity contribution in [2.24, 2.45) is 7.05 Å². The molecule has 0 atom stereocenters. The molecule has 0 aliphatic heterocycles. The molecule has 1 aromatic carbocycles. The molecule has 0 radical (unpaired) electrons. The highest BCUT2D eigenvalue weighted by molar-refractivity contribution is 7.99. The Morgan fingerprint density at radius 3 is 2.68 bits per heavy atom. The first-order valence-corrected chi connectivity index (χ1v) is 6.97. The predicted molar refractivity (Wildman–Crippen MR) is 76.2 cm³/mol. The number of hydrogen-bond donors (Lipinski definition) is 1. The molecule has 0 bridgehead atoms. The van der Waals surface area contributed by atoms with Crippen LogP contribution < -0.4 is 5.32 Å². The minimum absolute atomic E-state index is 0.0407. The maximum atomic E-state index is 11.2. The zero-order chi connectivity index (χ0) is 13.8. The number of carbonyl (C=O) groups is 1. The lowest BCUT2D eigenvalue weighted by Gasteiger charge is -2.03. The topological polar surface area (TPSA) is 59.8 Å². The summed E-state index contributed by atoms with van der Waals surface area (Å²) in [6.45, 7) is 0. The molecule has 1 N–H and O–H groups in total. The van der Waals surface area contributed by atoms with Gasteiger partial charge in [0.2, 0.25) is 5.91 Å². The van der Waals surface area contributed by atoms with Gasteiger partial charge in [0.25, 0.3) is 0 Å². The van der Waals surface area contributed by atoms with Crippen molar-refractivity contribution >= 4 is 29.3 Å². The number of aromatic nitrogens is 3. The molecule has 5 nitrogen and oxygen atoms in total. The Kier molecular flexibility index (Phi) is 4.44. The number of rotatable bonds is 4. The molecular weight excluding hydrogens is 284 g/mol. The summed E-state index contributed by atoms with van der Waals surface area (Å²) < 4.78 is 1.86. The first kappa shape index (κ1) is 13.9. The highest BCUT2D eigenvalue weighted by atomic mass is 35.5. The molecule has 0 fully saturated rings. The normalized spacial score (nSPS) is 10.5. The molecule has 19 heavy (non-hydrogen) atoms. The van der Waals surface area contributed by atoms with Crippen molar-refractivity contribution in [1.29, 1.82) is 0 Å². The number of thioether (sulfide) groups is 1. The lowest BCUT2D eigenvalue weighted by atomic mass is 10.2. The number of carbonyl (C=O) groups excluding carboxylic acids is 1. The van der Waals surface area contributed by atoms with Gasteiger partial charge in [-0.1, -0.05) is 23.4 Å². The van der Waals surface area contributed by atoms with E-state index in [1.54, 1.807) is 7.05 Å². The monoisotopic (exact) mass is 296 g/mol. The van der Waals surface area contributed by atoms with Crippen LogP contribution in [-0.2, 0) is 11.8 Å². The molecule has 2 rings (SSSR count). The maximum Gasteiger partial charge on any atom is 0.230 e. The van der Waals surface area contributed by atoms with Crippen LogP contribution in [0.25, 0.3) is 11.4 Å². The molecule has 0 spiro atoms. The van der Waals surface area contributed by atoms with Gasteiger partial charge < -0.3 is 9.88 Å². The Bertz CT molecular complexity index is 582. The zero-order valence-corrected chi connectivity index (χ0v) is 12.1. The van der Waals surface area contributed by atoms with E-state index in [0.717, 1.165) is 11.4 Å². The number of nitrogens with zero attached hydrogens (tertiary/aromatic N) is 3. The Labute approximate surface area is 120 Å². The summed E-state index contributed by atoms with van der Waals surface area (Å²) in [5.74, 6) is 1.03. The van der Waals surface area contributed by atoms with Crippen LogP contribution in [-0.4, -0.2) is 33.5 Å². The van der Waals surface area contributed by atoms with Crippen molar-refractivity contribution in [3.05, 3.63) is 29.3 Å². The Morgan fingerprint density at radius 1 is 1.37 bits per heavy atom. The Balaban J connectivity index is 2.18. The molecule has 1 amide bonds. The molecule has 1 aromatic heterocycles. The van der Waals surface area contributed by atoms with Crippen LogP contribution in [0.2, 0.25) is 5.02 Å². The molecule has 0 aliphatic carbocycles. The van der Waals surface area contributed by atoms with E-state index in [1.165, 1.54) is 11.8 Å². The van der Waals surface area contributed by atoms with Gasteiger partial charge in [0, 0.05) is 24.7 Å². The van der Waals surface area contributed by atoms with Gasteiger partial charge in [-0.05, 0) is 24.3 Å². The zero-order valence-electron chi connectivity index (χ0n) is 10.6. The van der Waals surface area contributed by atoms with E-state index in [0.29, 0.717) is 15.9 Å². The molecule has 100 valence electrons. The first-order chi connectivity index (χ1) is 9.11. The molecule has 0 saturated heterocycles. The van der Waals surface area contributed by atoms with Gasteiger partial charge >= 0.3 is 0 Å². The molecule has 2 aromatic rings. The van der Waals surface area contributed by atoms with Gasteiger partial charge in [-0.25, -0.2) is 0 Å². The minimum atomic E-state index is -0.0407. The summed E-state index contributed by atoms with van der Waals surface area (Å²) >= 11 is 7.20. The van der Waals surface area contributed by atoms with E-state index in [2.05, 4.69) is 15.5 Å². The van der Waals surface area contributed by atoms with Gasteiger partial charge in [0.05, 0.1) is 5.75 Å².